The number of nitro groups is 1. The number of nitro benzene ring substituents is 1. The summed E-state index contributed by atoms with van der Waals surface area (Å²) in [7, 11) is 1.36. The van der Waals surface area contributed by atoms with Gasteiger partial charge in [0.05, 0.1) is 18.2 Å². The Hall–Kier alpha value is -3.23. The number of hydrogen-bond donors (Lipinski definition) is 1. The molecule has 9 heteroatoms. The minimum Gasteiger partial charge on any atom is -0.490 e. The molecular formula is C12H9N5O4. The highest BCUT2D eigenvalue weighted by Crippen LogP contribution is 2.33. The van der Waals surface area contributed by atoms with Crippen LogP contribution in [0.1, 0.15) is 0 Å². The molecule has 0 unspecified atom stereocenters. The predicted molar refractivity (Wildman–Crippen MR) is 71.1 cm³/mol. The molecular weight excluding hydrogens is 278 g/mol. The zero-order valence-corrected chi connectivity index (χ0v) is 10.8. The van der Waals surface area contributed by atoms with E-state index in [1.54, 1.807) is 6.07 Å². The molecule has 0 saturated heterocycles. The first-order valence-corrected chi connectivity index (χ1v) is 5.82. The van der Waals surface area contributed by atoms with E-state index in [0.29, 0.717) is 16.8 Å². The predicted octanol–water partition coefficient (Wildman–Crippen LogP) is 1.41. The average Bonchev–Trinajstić information content (AvgIpc) is 2.92. The summed E-state index contributed by atoms with van der Waals surface area (Å²) in [4.78, 5) is 18.0. The molecule has 21 heavy (non-hydrogen) atoms. The summed E-state index contributed by atoms with van der Waals surface area (Å²) in [6.45, 7) is 0. The van der Waals surface area contributed by atoms with Gasteiger partial charge in [0.25, 0.3) is 0 Å². The number of hydrogen-bond acceptors (Lipinski definition) is 7. The quantitative estimate of drug-likeness (QED) is 0.571. The van der Waals surface area contributed by atoms with E-state index in [0.717, 1.165) is 0 Å². The third-order valence-electron chi connectivity index (χ3n) is 2.97. The molecule has 0 amide bonds. The van der Waals surface area contributed by atoms with Gasteiger partial charge in [0, 0.05) is 11.6 Å². The summed E-state index contributed by atoms with van der Waals surface area (Å²) >= 11 is 0. The first-order chi connectivity index (χ1) is 10.1. The lowest BCUT2D eigenvalue weighted by Gasteiger charge is -2.04. The van der Waals surface area contributed by atoms with Crippen molar-refractivity contribution < 1.29 is 14.8 Å². The van der Waals surface area contributed by atoms with Crippen LogP contribution in [0.5, 0.6) is 11.8 Å². The third kappa shape index (κ3) is 2.00. The second-order valence-corrected chi connectivity index (χ2v) is 4.11. The summed E-state index contributed by atoms with van der Waals surface area (Å²) < 4.78 is 6.20. The molecule has 0 saturated carbocycles. The van der Waals surface area contributed by atoms with E-state index in [-0.39, 0.29) is 17.4 Å². The van der Waals surface area contributed by atoms with Crippen molar-refractivity contribution in [3.8, 4) is 22.9 Å². The van der Waals surface area contributed by atoms with Crippen LogP contribution in [0.25, 0.3) is 16.8 Å². The van der Waals surface area contributed by atoms with Crippen LogP contribution in [0.15, 0.2) is 30.7 Å². The van der Waals surface area contributed by atoms with Crippen LogP contribution in [-0.2, 0) is 0 Å². The molecule has 3 rings (SSSR count). The summed E-state index contributed by atoms with van der Waals surface area (Å²) in [6.07, 6.45) is 2.70. The van der Waals surface area contributed by atoms with Crippen LogP contribution in [0.2, 0.25) is 0 Å². The van der Waals surface area contributed by atoms with Crippen molar-refractivity contribution in [2.24, 2.45) is 0 Å². The summed E-state index contributed by atoms with van der Waals surface area (Å²) in [5.74, 6) is 0.134. The molecule has 0 aliphatic carbocycles. The van der Waals surface area contributed by atoms with Gasteiger partial charge in [0.1, 0.15) is 6.33 Å². The van der Waals surface area contributed by atoms with Gasteiger partial charge in [0.15, 0.2) is 11.4 Å². The topological polar surface area (TPSA) is 116 Å². The minimum atomic E-state index is -0.521. The van der Waals surface area contributed by atoms with Gasteiger partial charge in [-0.05, 0) is 17.7 Å². The maximum Gasteiger partial charge on any atom is 0.318 e. The Bertz CT molecular complexity index is 845. The van der Waals surface area contributed by atoms with E-state index in [9.17, 15) is 15.2 Å². The van der Waals surface area contributed by atoms with Crippen LogP contribution in [0, 0.1) is 10.1 Å². The Labute approximate surface area is 117 Å². The molecule has 0 aliphatic heterocycles. The fourth-order valence-electron chi connectivity index (χ4n) is 2.00. The molecule has 2 aromatic heterocycles. The highest BCUT2D eigenvalue weighted by atomic mass is 16.6. The van der Waals surface area contributed by atoms with Crippen molar-refractivity contribution in [1.82, 2.24) is 19.6 Å². The lowest BCUT2D eigenvalue weighted by Crippen LogP contribution is -1.95. The third-order valence-corrected chi connectivity index (χ3v) is 2.97. The first-order valence-electron chi connectivity index (χ1n) is 5.82. The Kier molecular flexibility index (Phi) is 2.87. The number of ether oxygens (including phenoxy) is 1. The van der Waals surface area contributed by atoms with Crippen molar-refractivity contribution in [2.45, 2.75) is 0 Å². The van der Waals surface area contributed by atoms with E-state index in [1.807, 2.05) is 0 Å². The monoisotopic (exact) mass is 287 g/mol. The number of methoxy groups -OCH3 is 1. The molecule has 0 atom stereocenters. The normalized spacial score (nSPS) is 10.7. The van der Waals surface area contributed by atoms with Crippen LogP contribution >= 0.6 is 0 Å². The SMILES string of the molecule is COc1cc(-c2cnn3c(O)ncnc23)ccc1[N+](=O)[O-]. The van der Waals surface area contributed by atoms with E-state index < -0.39 is 4.92 Å². The lowest BCUT2D eigenvalue weighted by atomic mass is 10.1. The van der Waals surface area contributed by atoms with Gasteiger partial charge < -0.3 is 9.84 Å². The van der Waals surface area contributed by atoms with E-state index in [2.05, 4.69) is 15.1 Å². The zero-order chi connectivity index (χ0) is 15.0. The van der Waals surface area contributed by atoms with Crippen LogP contribution < -0.4 is 4.74 Å². The standard InChI is InChI=1S/C12H9N5O4/c1-21-10-4-7(2-3-9(10)17(19)20)8-5-15-16-11(8)13-6-14-12(16)18/h2-6H,1H3,(H,13,14,18). The molecule has 2 heterocycles. The van der Waals surface area contributed by atoms with Crippen molar-refractivity contribution in [3.63, 3.8) is 0 Å². The number of nitrogens with zero attached hydrogens (tertiary/aromatic N) is 5. The van der Waals surface area contributed by atoms with Gasteiger partial charge in [0.2, 0.25) is 0 Å². The Morgan fingerprint density at radius 1 is 1.38 bits per heavy atom. The van der Waals surface area contributed by atoms with E-state index >= 15 is 0 Å². The molecule has 1 aromatic carbocycles. The molecule has 106 valence electrons. The van der Waals surface area contributed by atoms with Crippen molar-refractivity contribution >= 4 is 11.3 Å². The minimum absolute atomic E-state index is 0.129. The van der Waals surface area contributed by atoms with Crippen molar-refractivity contribution in [1.29, 1.82) is 0 Å². The maximum absolute atomic E-state index is 10.9. The summed E-state index contributed by atoms with van der Waals surface area (Å²) in [6, 6.07) is 4.14. The molecule has 1 N–H and O–H groups in total. The smallest absolute Gasteiger partial charge is 0.318 e. The number of rotatable bonds is 3. The van der Waals surface area contributed by atoms with Gasteiger partial charge >= 0.3 is 11.7 Å². The second kappa shape index (κ2) is 4.71. The van der Waals surface area contributed by atoms with Gasteiger partial charge in [-0.15, -0.1) is 0 Å². The maximum atomic E-state index is 10.9. The molecule has 0 aliphatic rings. The van der Waals surface area contributed by atoms with Gasteiger partial charge in [-0.1, -0.05) is 0 Å². The summed E-state index contributed by atoms with van der Waals surface area (Å²) in [5.41, 5.74) is 1.49. The van der Waals surface area contributed by atoms with E-state index in [4.69, 9.17) is 4.74 Å². The molecule has 0 radical (unpaired) electrons. The van der Waals surface area contributed by atoms with E-state index in [1.165, 1.54) is 36.3 Å². The first kappa shape index (κ1) is 12.8. The Morgan fingerprint density at radius 2 is 2.19 bits per heavy atom. The van der Waals surface area contributed by atoms with Crippen LogP contribution in [0.3, 0.4) is 0 Å². The number of benzene rings is 1. The fourth-order valence-corrected chi connectivity index (χ4v) is 2.00. The highest BCUT2D eigenvalue weighted by Gasteiger charge is 2.18. The number of aromatic hydroxyl groups is 1. The number of aromatic nitrogens is 4. The Morgan fingerprint density at radius 3 is 2.90 bits per heavy atom. The highest BCUT2D eigenvalue weighted by molar-refractivity contribution is 5.79. The van der Waals surface area contributed by atoms with Crippen molar-refractivity contribution in [3.05, 3.63) is 40.8 Å². The van der Waals surface area contributed by atoms with Crippen LogP contribution in [0.4, 0.5) is 5.69 Å². The van der Waals surface area contributed by atoms with Crippen LogP contribution in [-0.4, -0.2) is 36.7 Å². The molecule has 9 nitrogen and oxygen atoms in total. The largest absolute Gasteiger partial charge is 0.490 e. The molecule has 0 bridgehead atoms. The van der Waals surface area contributed by atoms with Gasteiger partial charge in [-0.25, -0.2) is 4.98 Å². The fraction of sp³-hybridized carbons (Fsp3) is 0.0833. The molecule has 3 aromatic rings. The second-order valence-electron chi connectivity index (χ2n) is 4.11. The molecule has 0 spiro atoms. The lowest BCUT2D eigenvalue weighted by molar-refractivity contribution is -0.385. The van der Waals surface area contributed by atoms with Crippen molar-refractivity contribution in [2.75, 3.05) is 7.11 Å². The van der Waals surface area contributed by atoms with Gasteiger partial charge in [-0.3, -0.25) is 10.1 Å². The Balaban J connectivity index is 2.19. The molecule has 0 fully saturated rings. The average molecular weight is 287 g/mol. The number of fused-ring (bicyclic) bond motifs is 1. The van der Waals surface area contributed by atoms with Gasteiger partial charge in [-0.2, -0.15) is 14.6 Å². The zero-order valence-electron chi connectivity index (χ0n) is 10.8. The summed E-state index contributed by atoms with van der Waals surface area (Å²) in [5, 5.41) is 24.4.